The topological polar surface area (TPSA) is 80.0 Å². The first-order valence-electron chi connectivity index (χ1n) is 8.92. The Kier molecular flexibility index (Phi) is 6.01. The molecule has 2 aromatic rings. The number of aromatic nitrogens is 4. The van der Waals surface area contributed by atoms with Gasteiger partial charge in [0.05, 0.1) is 6.54 Å². The fraction of sp³-hybridized carbons (Fsp3) is 0.647. The Balaban J connectivity index is 1.65. The van der Waals surface area contributed by atoms with Crippen molar-refractivity contribution in [3.63, 3.8) is 0 Å². The van der Waals surface area contributed by atoms with Gasteiger partial charge in [0.25, 0.3) is 0 Å². The van der Waals surface area contributed by atoms with Crippen molar-refractivity contribution in [3.05, 3.63) is 27.7 Å². The first-order chi connectivity index (χ1) is 12.1. The number of guanidine groups is 1. The molecule has 8 heteroatoms. The molecule has 1 saturated carbocycles. The van der Waals surface area contributed by atoms with Gasteiger partial charge < -0.3 is 15.2 Å². The van der Waals surface area contributed by atoms with Crippen molar-refractivity contribution in [1.29, 1.82) is 0 Å². The highest BCUT2D eigenvalue weighted by atomic mass is 32.1. The minimum absolute atomic E-state index is 0.499. The molecule has 2 N–H and O–H groups in total. The van der Waals surface area contributed by atoms with Crippen LogP contribution in [0.1, 0.15) is 54.5 Å². The smallest absolute Gasteiger partial charge is 0.192 e. The molecule has 0 radical (unpaired) electrons. The van der Waals surface area contributed by atoms with Crippen LogP contribution in [0.25, 0.3) is 0 Å². The van der Waals surface area contributed by atoms with Gasteiger partial charge in [-0.1, -0.05) is 19.3 Å². The number of nitrogens with one attached hydrogen (secondary N) is 2. The number of aliphatic imine (C=N–C) groups is 1. The van der Waals surface area contributed by atoms with E-state index in [1.54, 1.807) is 11.3 Å². The predicted molar refractivity (Wildman–Crippen MR) is 101 cm³/mol. The molecule has 0 unspecified atom stereocenters. The second kappa shape index (κ2) is 8.42. The maximum atomic E-state index is 4.73. The maximum Gasteiger partial charge on any atom is 0.192 e. The van der Waals surface area contributed by atoms with E-state index in [1.165, 1.54) is 32.1 Å². The fourth-order valence-corrected chi connectivity index (χ4v) is 3.69. The minimum Gasteiger partial charge on any atom is -0.354 e. The van der Waals surface area contributed by atoms with Crippen LogP contribution in [0.4, 0.5) is 0 Å². The van der Waals surface area contributed by atoms with E-state index in [0.29, 0.717) is 19.1 Å². The molecule has 0 atom stereocenters. The van der Waals surface area contributed by atoms with Crippen LogP contribution >= 0.6 is 11.3 Å². The molecule has 1 aliphatic carbocycles. The summed E-state index contributed by atoms with van der Waals surface area (Å²) >= 11 is 1.68. The number of rotatable bonds is 5. The van der Waals surface area contributed by atoms with E-state index in [-0.39, 0.29) is 0 Å². The largest absolute Gasteiger partial charge is 0.354 e. The average Bonchev–Trinajstić information content (AvgIpc) is 3.18. The zero-order valence-corrected chi connectivity index (χ0v) is 16.1. The molecule has 0 saturated heterocycles. The third-order valence-corrected chi connectivity index (χ3v) is 5.55. The lowest BCUT2D eigenvalue weighted by Gasteiger charge is -2.25. The van der Waals surface area contributed by atoms with Gasteiger partial charge in [0, 0.05) is 24.2 Å². The molecule has 1 aliphatic rings. The van der Waals surface area contributed by atoms with Crippen LogP contribution in [0.15, 0.2) is 10.4 Å². The van der Waals surface area contributed by atoms with E-state index < -0.39 is 0 Å². The number of hydrogen-bond donors (Lipinski definition) is 2. The fourth-order valence-electron chi connectivity index (χ4n) is 2.97. The normalized spacial score (nSPS) is 16.2. The number of aryl methyl sites for hydroxylation is 2. The van der Waals surface area contributed by atoms with E-state index in [2.05, 4.69) is 31.2 Å². The highest BCUT2D eigenvalue weighted by molar-refractivity contribution is 7.09. The molecule has 0 aliphatic heterocycles. The Morgan fingerprint density at radius 3 is 2.72 bits per heavy atom. The molecule has 136 valence electrons. The second-order valence-corrected chi connectivity index (χ2v) is 7.55. The molecule has 2 heterocycles. The summed E-state index contributed by atoms with van der Waals surface area (Å²) in [4.78, 5) is 9.24. The molecule has 25 heavy (non-hydrogen) atoms. The van der Waals surface area contributed by atoms with Crippen LogP contribution < -0.4 is 10.6 Å². The minimum atomic E-state index is 0.499. The molecule has 2 aromatic heterocycles. The zero-order valence-electron chi connectivity index (χ0n) is 15.2. The Labute approximate surface area is 153 Å². The first-order valence-corrected chi connectivity index (χ1v) is 9.80. The van der Waals surface area contributed by atoms with Crippen LogP contribution in [-0.4, -0.2) is 31.7 Å². The van der Waals surface area contributed by atoms with Gasteiger partial charge >= 0.3 is 0 Å². The Hall–Kier alpha value is -1.96. The second-order valence-electron chi connectivity index (χ2n) is 6.60. The van der Waals surface area contributed by atoms with Gasteiger partial charge in [-0.05, 0) is 26.7 Å². The summed E-state index contributed by atoms with van der Waals surface area (Å²) in [6.07, 6.45) is 6.34. The van der Waals surface area contributed by atoms with Gasteiger partial charge in [0.1, 0.15) is 17.4 Å². The highest BCUT2D eigenvalue weighted by Crippen LogP contribution is 2.17. The highest BCUT2D eigenvalue weighted by Gasteiger charge is 2.15. The molecule has 0 amide bonds. The van der Waals surface area contributed by atoms with Crippen LogP contribution in [-0.2, 0) is 20.1 Å². The standard InChI is InChI=1S/C17H27N7S/c1-12-11-25-16(20-12)10-19-17(21-14-7-5-4-6-8-14)18-9-15-23-22-13(2)24(15)3/h11,14H,4-10H2,1-3H3,(H2,18,19,21). The van der Waals surface area contributed by atoms with Crippen molar-refractivity contribution in [2.45, 2.75) is 65.1 Å². The molecular formula is C17H27N7S. The van der Waals surface area contributed by atoms with Gasteiger partial charge in [-0.15, -0.1) is 21.5 Å². The quantitative estimate of drug-likeness (QED) is 0.632. The lowest BCUT2D eigenvalue weighted by molar-refractivity contribution is 0.409. The summed E-state index contributed by atoms with van der Waals surface area (Å²) in [5, 5.41) is 18.5. The number of nitrogens with zero attached hydrogens (tertiary/aromatic N) is 5. The first kappa shape index (κ1) is 17.8. The van der Waals surface area contributed by atoms with Crippen LogP contribution in [0.2, 0.25) is 0 Å². The third-order valence-electron chi connectivity index (χ3n) is 4.58. The van der Waals surface area contributed by atoms with Gasteiger partial charge in [0.15, 0.2) is 11.8 Å². The molecular weight excluding hydrogens is 334 g/mol. The maximum absolute atomic E-state index is 4.73. The monoisotopic (exact) mass is 361 g/mol. The van der Waals surface area contributed by atoms with E-state index in [0.717, 1.165) is 28.3 Å². The van der Waals surface area contributed by atoms with E-state index in [4.69, 9.17) is 4.99 Å². The van der Waals surface area contributed by atoms with Crippen molar-refractivity contribution >= 4 is 17.3 Å². The molecule has 0 bridgehead atoms. The van der Waals surface area contributed by atoms with Gasteiger partial charge in [0.2, 0.25) is 0 Å². The number of hydrogen-bond acceptors (Lipinski definition) is 5. The van der Waals surface area contributed by atoms with E-state index >= 15 is 0 Å². The summed E-state index contributed by atoms with van der Waals surface area (Å²) < 4.78 is 1.98. The van der Waals surface area contributed by atoms with Crippen molar-refractivity contribution in [2.24, 2.45) is 12.0 Å². The van der Waals surface area contributed by atoms with Crippen molar-refractivity contribution in [3.8, 4) is 0 Å². The predicted octanol–water partition coefficient (Wildman–Crippen LogP) is 2.46. The molecule has 0 aromatic carbocycles. The van der Waals surface area contributed by atoms with Crippen LogP contribution in [0, 0.1) is 13.8 Å². The van der Waals surface area contributed by atoms with Gasteiger partial charge in [-0.25, -0.2) is 9.98 Å². The Morgan fingerprint density at radius 1 is 1.28 bits per heavy atom. The SMILES string of the molecule is Cc1csc(CNC(=NCc2nnc(C)n2C)NC2CCCCC2)n1. The van der Waals surface area contributed by atoms with Crippen LogP contribution in [0.5, 0.6) is 0 Å². The molecule has 7 nitrogen and oxygen atoms in total. The van der Waals surface area contributed by atoms with Gasteiger partial charge in [-0.2, -0.15) is 0 Å². The Morgan fingerprint density at radius 2 is 2.08 bits per heavy atom. The lowest BCUT2D eigenvalue weighted by atomic mass is 9.96. The summed E-state index contributed by atoms with van der Waals surface area (Å²) in [5.74, 6) is 2.60. The molecule has 0 spiro atoms. The lowest BCUT2D eigenvalue weighted by Crippen LogP contribution is -2.44. The third kappa shape index (κ3) is 5.01. The Bertz CT molecular complexity index is 712. The van der Waals surface area contributed by atoms with E-state index in [9.17, 15) is 0 Å². The average molecular weight is 362 g/mol. The van der Waals surface area contributed by atoms with Crippen molar-refractivity contribution < 1.29 is 0 Å². The summed E-state index contributed by atoms with van der Waals surface area (Å²) in [5.41, 5.74) is 1.06. The van der Waals surface area contributed by atoms with Crippen molar-refractivity contribution in [2.75, 3.05) is 0 Å². The van der Waals surface area contributed by atoms with Gasteiger partial charge in [-0.3, -0.25) is 0 Å². The molecule has 1 fully saturated rings. The number of thiazole rings is 1. The summed E-state index contributed by atoms with van der Waals surface area (Å²) in [6, 6.07) is 0.499. The molecule has 3 rings (SSSR count). The van der Waals surface area contributed by atoms with E-state index in [1.807, 2.05) is 25.5 Å². The zero-order chi connectivity index (χ0) is 17.6. The van der Waals surface area contributed by atoms with Crippen LogP contribution in [0.3, 0.4) is 0 Å². The summed E-state index contributed by atoms with van der Waals surface area (Å²) in [7, 11) is 1.97. The van der Waals surface area contributed by atoms with Crippen molar-refractivity contribution in [1.82, 2.24) is 30.4 Å². The summed E-state index contributed by atoms with van der Waals surface area (Å²) in [6.45, 7) is 5.17.